The molecule has 17 heavy (non-hydrogen) atoms. The molecule has 1 aliphatic rings. The molecule has 0 aromatic heterocycles. The summed E-state index contributed by atoms with van der Waals surface area (Å²) >= 11 is 0. The van der Waals surface area contributed by atoms with Gasteiger partial charge in [-0.1, -0.05) is 37.6 Å². The van der Waals surface area contributed by atoms with E-state index in [1.807, 2.05) is 6.92 Å². The van der Waals surface area contributed by atoms with Crippen molar-refractivity contribution in [2.24, 2.45) is 5.41 Å². The minimum absolute atomic E-state index is 0.161. The Balaban J connectivity index is 3.04. The lowest BCUT2D eigenvalue weighted by Gasteiger charge is -2.30. The Hall–Kier alpha value is -0.680. The smallest absolute Gasteiger partial charge is 0.279 e. The maximum Gasteiger partial charge on any atom is 0.319 e. The molecular formula is C15H24OP+. The highest BCUT2D eigenvalue weighted by Gasteiger charge is 2.33. The molecule has 1 N–H and O–H groups in total. The molecule has 1 atom stereocenters. The van der Waals surface area contributed by atoms with Gasteiger partial charge in [0, 0.05) is 0 Å². The van der Waals surface area contributed by atoms with Crippen LogP contribution in [-0.2, 0) is 0 Å². The summed E-state index contributed by atoms with van der Waals surface area (Å²) in [6, 6.07) is 0. The van der Waals surface area contributed by atoms with Crippen LogP contribution >= 0.6 is 9.24 Å². The van der Waals surface area contributed by atoms with Crippen molar-refractivity contribution in [3.8, 4) is 0 Å². The number of hydrogen-bond acceptors (Lipinski definition) is 0. The standard InChI is InChI=1S/C15H23OP/c1-11(8-10-17)5-6-13-12(2)14(16)7-9-15(13,3)4/h5-6,8H,7,9-10,17H2,1-4H3/p+1/b6-5+,11-8+/i14+1. The molecule has 0 aromatic rings. The van der Waals surface area contributed by atoms with Gasteiger partial charge in [-0.25, -0.2) is 0 Å². The molecule has 0 aromatic carbocycles. The van der Waals surface area contributed by atoms with Gasteiger partial charge in [-0.15, -0.1) is 9.24 Å². The molecule has 0 saturated heterocycles. The zero-order chi connectivity index (χ0) is 13.1. The number of carbonyl (C=O) groups excluding carboxylic acids is 1. The van der Waals surface area contributed by atoms with Gasteiger partial charge < -0.3 is 0 Å². The first-order chi connectivity index (χ1) is 7.88. The average Bonchev–Trinajstić information content (AvgIpc) is 2.24. The average molecular weight is 252 g/mol. The van der Waals surface area contributed by atoms with Crippen LogP contribution < -0.4 is 0 Å². The summed E-state index contributed by atoms with van der Waals surface area (Å²) in [6.45, 7) is 8.62. The largest absolute Gasteiger partial charge is 0.319 e. The van der Waals surface area contributed by atoms with Gasteiger partial charge in [-0.05, 0) is 37.4 Å². The molecule has 94 valence electrons. The lowest BCUT2D eigenvalue weighted by Crippen LogP contribution is -2.24. The first-order valence-corrected chi connectivity index (χ1v) is 7.01. The minimum atomic E-state index is 0.161. The van der Waals surface area contributed by atoms with Crippen molar-refractivity contribution >= 4 is 15.0 Å². The van der Waals surface area contributed by atoms with Gasteiger partial charge in [-0.2, -0.15) is 0 Å². The highest BCUT2D eigenvalue weighted by molar-refractivity contribution is 7.16. The van der Waals surface area contributed by atoms with Crippen LogP contribution in [0.2, 0.25) is 0 Å². The minimum Gasteiger partial charge on any atom is -0.279 e. The number of allylic oxidation sites excluding steroid dienone is 6. The van der Waals surface area contributed by atoms with E-state index >= 15 is 0 Å². The van der Waals surface area contributed by atoms with Crippen LogP contribution in [0.25, 0.3) is 0 Å². The van der Waals surface area contributed by atoms with E-state index in [-0.39, 0.29) is 5.41 Å². The topological polar surface area (TPSA) is 21.4 Å². The van der Waals surface area contributed by atoms with Crippen molar-refractivity contribution in [1.29, 1.82) is 0 Å². The molecular weight excluding hydrogens is 228 g/mol. The molecule has 0 amide bonds. The lowest BCUT2D eigenvalue weighted by molar-refractivity contribution is 0.408. The Kier molecular flexibility index (Phi) is 4.89. The molecule has 0 heterocycles. The number of ketones is 1. The second-order valence-corrected chi connectivity index (χ2v) is 5.86. The summed E-state index contributed by atoms with van der Waals surface area (Å²) in [5, 5.41) is 0. The van der Waals surface area contributed by atoms with Crippen LogP contribution in [0.1, 0.15) is 40.5 Å². The van der Waals surface area contributed by atoms with E-state index in [1.54, 1.807) is 0 Å². The van der Waals surface area contributed by atoms with Crippen LogP contribution in [0.15, 0.2) is 34.9 Å². The molecule has 2 heteroatoms. The third kappa shape index (κ3) is 3.64. The molecule has 0 fully saturated rings. The number of hydrogen-bond donors (Lipinski definition) is 0. The van der Waals surface area contributed by atoms with Gasteiger partial charge in [0.15, 0.2) is 0 Å². The molecule has 1 aliphatic carbocycles. The van der Waals surface area contributed by atoms with Crippen LogP contribution in [0.3, 0.4) is 0 Å². The Morgan fingerprint density at radius 2 is 2.12 bits per heavy atom. The lowest BCUT2D eigenvalue weighted by atomic mass is 9.76. The maximum atomic E-state index is 9.86. The van der Waals surface area contributed by atoms with Crippen molar-refractivity contribution in [3.05, 3.63) is 34.9 Å². The van der Waals surface area contributed by atoms with Crippen LogP contribution in [0, 0.1) is 5.41 Å². The van der Waals surface area contributed by atoms with Gasteiger partial charge >= 0.3 is 5.78 Å². The fourth-order valence-electron chi connectivity index (χ4n) is 2.24. The summed E-state index contributed by atoms with van der Waals surface area (Å²) < 4.78 is 0. The summed E-state index contributed by atoms with van der Waals surface area (Å²) in [4.78, 5) is 9.86. The normalized spacial score (nSPS) is 21.5. The van der Waals surface area contributed by atoms with E-state index in [4.69, 9.17) is 0 Å². The van der Waals surface area contributed by atoms with E-state index in [9.17, 15) is 4.79 Å². The zero-order valence-electron chi connectivity index (χ0n) is 11.4. The summed E-state index contributed by atoms with van der Waals surface area (Å²) in [6.07, 6.45) is 9.28. The quantitative estimate of drug-likeness (QED) is 0.313. The fourth-order valence-corrected chi connectivity index (χ4v) is 2.61. The van der Waals surface area contributed by atoms with E-state index in [1.165, 1.54) is 11.1 Å². The third-order valence-corrected chi connectivity index (χ3v) is 3.74. The Labute approximate surface area is 107 Å². The second kappa shape index (κ2) is 5.78. The Bertz CT molecular complexity index is 397. The molecule has 0 spiro atoms. The SMILES string of the molecule is CC1=C(/C=C/C(C)=C/CP)C(C)(C)CC[13C]1=[OH+]. The van der Waals surface area contributed by atoms with E-state index in [0.717, 1.165) is 24.6 Å². The molecule has 1 unspecified atom stereocenters. The van der Waals surface area contributed by atoms with Crippen molar-refractivity contribution in [2.45, 2.75) is 40.5 Å². The molecule has 1 nitrogen and oxygen atoms in total. The summed E-state index contributed by atoms with van der Waals surface area (Å²) in [7, 11) is 2.70. The fraction of sp³-hybridized carbons (Fsp3) is 0.533. The molecule has 0 bridgehead atoms. The highest BCUT2D eigenvalue weighted by Crippen LogP contribution is 2.39. The van der Waals surface area contributed by atoms with Gasteiger partial charge in [0.2, 0.25) is 0 Å². The summed E-state index contributed by atoms with van der Waals surface area (Å²) in [5.74, 6) is 0.552. The first kappa shape index (κ1) is 14.4. The maximum absolute atomic E-state index is 9.86. The van der Waals surface area contributed by atoms with Gasteiger partial charge in [0.25, 0.3) is 0 Å². The molecule has 1 rings (SSSR count). The molecule has 0 saturated carbocycles. The van der Waals surface area contributed by atoms with Crippen molar-refractivity contribution in [2.75, 3.05) is 6.16 Å². The third-order valence-electron chi connectivity index (χ3n) is 3.51. The van der Waals surface area contributed by atoms with Gasteiger partial charge in [0.1, 0.15) is 0 Å². The van der Waals surface area contributed by atoms with Crippen molar-refractivity contribution < 1.29 is 4.79 Å². The van der Waals surface area contributed by atoms with Crippen molar-refractivity contribution in [1.82, 2.24) is 0 Å². The van der Waals surface area contributed by atoms with Gasteiger partial charge in [0.05, 0.1) is 12.0 Å². The van der Waals surface area contributed by atoms with Crippen LogP contribution in [0.5, 0.6) is 0 Å². The van der Waals surface area contributed by atoms with E-state index in [2.05, 4.69) is 48.2 Å². The van der Waals surface area contributed by atoms with Crippen LogP contribution in [-0.4, -0.2) is 16.7 Å². The van der Waals surface area contributed by atoms with E-state index < -0.39 is 0 Å². The summed E-state index contributed by atoms with van der Waals surface area (Å²) in [5.41, 5.74) is 3.74. The first-order valence-electron chi connectivity index (χ1n) is 6.20. The monoisotopic (exact) mass is 252 g/mol. The molecule has 0 radical (unpaired) electrons. The molecule has 0 aliphatic heterocycles. The van der Waals surface area contributed by atoms with E-state index in [0.29, 0.717) is 5.78 Å². The second-order valence-electron chi connectivity index (χ2n) is 5.39. The zero-order valence-corrected chi connectivity index (χ0v) is 12.5. The highest BCUT2D eigenvalue weighted by atomic mass is 31.0. The predicted molar refractivity (Wildman–Crippen MR) is 80.1 cm³/mol. The van der Waals surface area contributed by atoms with Crippen molar-refractivity contribution in [3.63, 3.8) is 0 Å². The Morgan fingerprint density at radius 1 is 1.47 bits per heavy atom. The Morgan fingerprint density at radius 3 is 2.71 bits per heavy atom. The predicted octanol–water partition coefficient (Wildman–Crippen LogP) is 4.05. The van der Waals surface area contributed by atoms with Gasteiger partial charge in [-0.3, -0.25) is 4.79 Å². The number of rotatable bonds is 3. The van der Waals surface area contributed by atoms with Crippen LogP contribution in [0.4, 0.5) is 0 Å².